The second-order valence-electron chi connectivity index (χ2n) is 3.72. The summed E-state index contributed by atoms with van der Waals surface area (Å²) in [4.78, 5) is 41.4. The van der Waals surface area contributed by atoms with Crippen molar-refractivity contribution in [3.8, 4) is 5.75 Å². The molecular weight excluding hydrogens is 481 g/mol. The van der Waals surface area contributed by atoms with Gasteiger partial charge in [0.15, 0.2) is 0 Å². The predicted molar refractivity (Wildman–Crippen MR) is 59.8 cm³/mol. The molecule has 0 saturated carbocycles. The zero-order chi connectivity index (χ0) is 16.3. The van der Waals surface area contributed by atoms with Crippen molar-refractivity contribution in [3.63, 3.8) is 0 Å². The summed E-state index contributed by atoms with van der Waals surface area (Å²) in [6.45, 7) is 1.04. The van der Waals surface area contributed by atoms with Gasteiger partial charge >= 0.3 is 128 Å². The molecule has 1 aromatic carbocycles. The maximum atomic E-state index is 11.1. The minimum atomic E-state index is -3.06. The average molecular weight is 487 g/mol. The molecule has 0 spiro atoms. The van der Waals surface area contributed by atoms with Crippen LogP contribution in [0.1, 0.15) is 17.3 Å². The summed E-state index contributed by atoms with van der Waals surface area (Å²) < 4.78 is 4.27. The number of carbonyl (C=O) groups excluding carboxylic acids is 1. The van der Waals surface area contributed by atoms with E-state index in [-0.39, 0.29) is 0 Å². The number of phenols is 1. The molecule has 0 aliphatic rings. The van der Waals surface area contributed by atoms with E-state index in [1.165, 1.54) is 0 Å². The normalized spacial score (nSPS) is 9.57. The molecule has 0 fully saturated rings. The average Bonchev–Trinajstić information content (AvgIpc) is 2.34. The first kappa shape index (κ1) is 16.7. The Bertz CT molecular complexity index is 657. The van der Waals surface area contributed by atoms with E-state index >= 15 is 0 Å². The van der Waals surface area contributed by atoms with E-state index in [9.17, 15) is 34.9 Å². The van der Waals surface area contributed by atoms with Crippen LogP contribution in [0, 0.1) is 20.2 Å². The van der Waals surface area contributed by atoms with Crippen LogP contribution in [0.4, 0.5) is 11.4 Å². The Balaban J connectivity index is 3.67. The third-order valence-electron chi connectivity index (χ3n) is 2.39. The van der Waals surface area contributed by atoms with Gasteiger partial charge in [-0.25, -0.2) is 0 Å². The van der Waals surface area contributed by atoms with Crippen molar-refractivity contribution < 1.29 is 57.3 Å². The molecule has 0 saturated heterocycles. The summed E-state index contributed by atoms with van der Waals surface area (Å²) in [5.41, 5.74) is -2.90. The second kappa shape index (κ2) is 6.43. The summed E-state index contributed by atoms with van der Waals surface area (Å²) in [5, 5.41) is 40.3. The quantitative estimate of drug-likeness (QED) is 0.332. The van der Waals surface area contributed by atoms with Crippen molar-refractivity contribution in [2.24, 2.45) is 0 Å². The Morgan fingerprint density at radius 3 is 2.14 bits per heavy atom. The summed E-state index contributed by atoms with van der Waals surface area (Å²) in [5.74, 6) is -3.72. The fourth-order valence-corrected chi connectivity index (χ4v) is 6.16. The molecule has 2 N–H and O–H groups in total. The van der Waals surface area contributed by atoms with Gasteiger partial charge in [0.25, 0.3) is 0 Å². The molecule has 0 unspecified atom stereocenters. The number of aromatic hydroxyl groups is 1. The summed E-state index contributed by atoms with van der Waals surface area (Å²) in [7, 11) is 0. The number of nitrogens with zero attached hydrogens (tertiary/aromatic N) is 2. The molecule has 0 aliphatic carbocycles. The second-order valence-corrected chi connectivity index (χ2v) is 8.71. The van der Waals surface area contributed by atoms with Gasteiger partial charge in [-0.3, -0.25) is 0 Å². The third kappa shape index (κ3) is 3.62. The number of carboxylic acid groups (broad SMARTS) is 1. The van der Waals surface area contributed by atoms with Crippen molar-refractivity contribution in [1.82, 2.24) is 0 Å². The van der Waals surface area contributed by atoms with Crippen LogP contribution in [-0.2, 0) is 32.5 Å². The predicted octanol–water partition coefficient (Wildman–Crippen LogP) is 0.0927. The SMILES string of the molecule is CC(=O)[O][Hg][c]1c([N+](=O)[O-])cc([N+](=O)[O-])c(O)c1C(=O)O. The Hall–Kier alpha value is -2.30. The third-order valence-corrected chi connectivity index (χ3v) is 8.44. The molecule has 12 heteroatoms. The first-order valence-electron chi connectivity index (χ1n) is 5.21. The molecule has 0 aromatic heterocycles. The number of carbonyl (C=O) groups is 2. The first-order valence-corrected chi connectivity index (χ1v) is 10.2. The molecule has 0 radical (unpaired) electrons. The van der Waals surface area contributed by atoms with E-state index in [1.807, 2.05) is 0 Å². The molecule has 108 valence electrons. The van der Waals surface area contributed by atoms with E-state index in [0.717, 1.165) is 6.92 Å². The number of nitro groups is 2. The molecule has 0 aliphatic heterocycles. The van der Waals surface area contributed by atoms with Crippen LogP contribution < -0.4 is 3.07 Å². The zero-order valence-electron chi connectivity index (χ0n) is 10.4. The van der Waals surface area contributed by atoms with Gasteiger partial charge in [-0.1, -0.05) is 0 Å². The van der Waals surface area contributed by atoms with Gasteiger partial charge in [0.2, 0.25) is 0 Å². The number of aromatic carboxylic acids is 1. The van der Waals surface area contributed by atoms with E-state index < -0.39 is 72.6 Å². The minimum absolute atomic E-state index is 0.425. The standard InChI is InChI=1S/C7H3N2O7.C2H4O2.Hg/c10-6-4(7(11)12)1-3(8(13)14)2-5(6)9(15)16;1-2(3)4;/h2,10H,(H,11,12);1H3,(H,3,4);/q;;+1/p-1. The van der Waals surface area contributed by atoms with Gasteiger partial charge in [-0.05, 0) is 0 Å². The van der Waals surface area contributed by atoms with E-state index in [0.29, 0.717) is 6.07 Å². The van der Waals surface area contributed by atoms with E-state index in [4.69, 9.17) is 7.75 Å². The number of hydrogen-bond acceptors (Lipinski definition) is 8. The number of rotatable bonds is 5. The van der Waals surface area contributed by atoms with Gasteiger partial charge in [0.1, 0.15) is 0 Å². The van der Waals surface area contributed by atoms with Crippen molar-refractivity contribution in [2.45, 2.75) is 6.92 Å². The number of nitro benzene ring substituents is 2. The Kier molecular flexibility index (Phi) is 5.13. The molecule has 11 nitrogen and oxygen atoms in total. The topological polar surface area (TPSA) is 170 Å². The van der Waals surface area contributed by atoms with Crippen LogP contribution in [0.2, 0.25) is 0 Å². The van der Waals surface area contributed by atoms with Crippen LogP contribution in [0.25, 0.3) is 0 Å². The fourth-order valence-electron chi connectivity index (χ4n) is 1.54. The van der Waals surface area contributed by atoms with Crippen molar-refractivity contribution in [3.05, 3.63) is 31.9 Å². The molecule has 0 heterocycles. The zero-order valence-corrected chi connectivity index (χ0v) is 15.9. The van der Waals surface area contributed by atoms with Gasteiger partial charge in [0, 0.05) is 0 Å². The summed E-state index contributed by atoms with van der Waals surface area (Å²) >= 11 is -3.06. The van der Waals surface area contributed by atoms with Gasteiger partial charge in [-0.15, -0.1) is 0 Å². The Morgan fingerprint density at radius 2 is 1.76 bits per heavy atom. The summed E-state index contributed by atoms with van der Waals surface area (Å²) in [6, 6.07) is 0.459. The van der Waals surface area contributed by atoms with Crippen molar-refractivity contribution in [1.29, 1.82) is 0 Å². The van der Waals surface area contributed by atoms with Crippen LogP contribution in [-0.4, -0.2) is 32.0 Å². The Morgan fingerprint density at radius 1 is 1.24 bits per heavy atom. The van der Waals surface area contributed by atoms with Crippen LogP contribution in [0.15, 0.2) is 6.07 Å². The molecule has 0 amide bonds. The monoisotopic (exact) mass is 488 g/mol. The van der Waals surface area contributed by atoms with Crippen LogP contribution >= 0.6 is 0 Å². The molecule has 0 bridgehead atoms. The molecule has 1 rings (SSSR count). The Labute approximate surface area is 128 Å². The fraction of sp³-hybridized carbons (Fsp3) is 0.111. The van der Waals surface area contributed by atoms with Crippen LogP contribution in [0.5, 0.6) is 5.75 Å². The number of carboxylic acids is 1. The van der Waals surface area contributed by atoms with Gasteiger partial charge in [0.05, 0.1) is 0 Å². The van der Waals surface area contributed by atoms with Gasteiger partial charge < -0.3 is 0 Å². The molecule has 0 atom stereocenters. The van der Waals surface area contributed by atoms with Crippen LogP contribution in [0.3, 0.4) is 0 Å². The number of benzene rings is 1. The van der Waals surface area contributed by atoms with Crippen molar-refractivity contribution >= 4 is 26.4 Å². The first-order chi connectivity index (χ1) is 9.66. The maximum absolute atomic E-state index is 11.1. The molecular formula is C9H6HgN2O9. The van der Waals surface area contributed by atoms with Crippen molar-refractivity contribution in [2.75, 3.05) is 0 Å². The molecule has 21 heavy (non-hydrogen) atoms. The molecule has 1 aromatic rings. The number of hydrogen-bond donors (Lipinski definition) is 2. The van der Waals surface area contributed by atoms with E-state index in [2.05, 4.69) is 0 Å². The van der Waals surface area contributed by atoms with Gasteiger partial charge in [-0.2, -0.15) is 0 Å². The summed E-state index contributed by atoms with van der Waals surface area (Å²) in [6.07, 6.45) is 0. The van der Waals surface area contributed by atoms with E-state index in [1.54, 1.807) is 0 Å².